The SMILES string of the molecule is O=C(O)c1ccc[n+](-c2ncncn2)c1. The number of carbonyl (C=O) groups is 1. The van der Waals surface area contributed by atoms with E-state index in [1.807, 2.05) is 0 Å². The molecular formula is C9H7N4O2+. The Hall–Kier alpha value is -2.37. The molecule has 6 nitrogen and oxygen atoms in total. The van der Waals surface area contributed by atoms with Crippen LogP contribution < -0.4 is 4.57 Å². The van der Waals surface area contributed by atoms with Gasteiger partial charge in [-0.1, -0.05) is 9.97 Å². The van der Waals surface area contributed by atoms with E-state index in [1.165, 1.54) is 29.5 Å². The zero-order valence-corrected chi connectivity index (χ0v) is 7.61. The summed E-state index contributed by atoms with van der Waals surface area (Å²) in [6.45, 7) is 0. The molecule has 0 aromatic carbocycles. The standard InChI is InChI=1S/C9H6N4O2/c14-8(15)7-2-1-3-13(4-7)9-11-5-10-6-12-9/h1-6H/p+1. The van der Waals surface area contributed by atoms with Crippen molar-refractivity contribution in [1.29, 1.82) is 0 Å². The number of pyridine rings is 1. The number of aromatic nitrogens is 4. The predicted octanol–water partition coefficient (Wildman–Crippen LogP) is -0.154. The second kappa shape index (κ2) is 3.79. The molecule has 0 bridgehead atoms. The lowest BCUT2D eigenvalue weighted by Gasteiger charge is -1.96. The number of hydrogen-bond donors (Lipinski definition) is 1. The Morgan fingerprint density at radius 2 is 2.07 bits per heavy atom. The maximum atomic E-state index is 10.7. The van der Waals surface area contributed by atoms with Crippen molar-refractivity contribution in [2.24, 2.45) is 0 Å². The van der Waals surface area contributed by atoms with Gasteiger partial charge in [0.2, 0.25) is 0 Å². The minimum atomic E-state index is -0.988. The molecule has 0 saturated carbocycles. The van der Waals surface area contributed by atoms with Crippen LogP contribution in [0.25, 0.3) is 5.95 Å². The quantitative estimate of drug-likeness (QED) is 0.686. The van der Waals surface area contributed by atoms with Gasteiger partial charge in [0, 0.05) is 0 Å². The van der Waals surface area contributed by atoms with E-state index in [9.17, 15) is 4.79 Å². The molecule has 6 heteroatoms. The molecule has 2 aromatic heterocycles. The Bertz CT molecular complexity index is 486. The fourth-order valence-corrected chi connectivity index (χ4v) is 1.09. The van der Waals surface area contributed by atoms with Gasteiger partial charge in [-0.3, -0.25) is 0 Å². The number of carboxylic acids is 1. The van der Waals surface area contributed by atoms with Gasteiger partial charge in [0.05, 0.1) is 18.0 Å². The van der Waals surface area contributed by atoms with Crippen molar-refractivity contribution >= 4 is 5.97 Å². The third-order valence-corrected chi connectivity index (χ3v) is 1.76. The van der Waals surface area contributed by atoms with E-state index < -0.39 is 5.97 Å². The highest BCUT2D eigenvalue weighted by atomic mass is 16.4. The zero-order chi connectivity index (χ0) is 10.7. The van der Waals surface area contributed by atoms with Crippen LogP contribution >= 0.6 is 0 Å². The van der Waals surface area contributed by atoms with Crippen molar-refractivity contribution in [1.82, 2.24) is 15.0 Å². The Morgan fingerprint density at radius 1 is 1.33 bits per heavy atom. The second-order valence-electron chi connectivity index (χ2n) is 2.74. The summed E-state index contributed by atoms with van der Waals surface area (Å²) in [5, 5.41) is 8.79. The number of rotatable bonds is 2. The van der Waals surface area contributed by atoms with Crippen LogP contribution in [-0.2, 0) is 0 Å². The minimum Gasteiger partial charge on any atom is -0.478 e. The maximum Gasteiger partial charge on any atom is 0.440 e. The molecule has 15 heavy (non-hydrogen) atoms. The molecule has 0 amide bonds. The largest absolute Gasteiger partial charge is 0.478 e. The fraction of sp³-hybridized carbons (Fsp3) is 0. The first-order chi connectivity index (χ1) is 7.27. The fourth-order valence-electron chi connectivity index (χ4n) is 1.09. The topological polar surface area (TPSA) is 79.9 Å². The Kier molecular flexibility index (Phi) is 2.32. The predicted molar refractivity (Wildman–Crippen MR) is 48.3 cm³/mol. The van der Waals surface area contributed by atoms with Gasteiger partial charge in [-0.05, 0) is 12.1 Å². The molecule has 1 N–H and O–H groups in total. The van der Waals surface area contributed by atoms with Crippen molar-refractivity contribution in [3.05, 3.63) is 42.7 Å². The number of hydrogen-bond acceptors (Lipinski definition) is 4. The zero-order valence-electron chi connectivity index (χ0n) is 7.61. The van der Waals surface area contributed by atoms with E-state index in [0.717, 1.165) is 0 Å². The molecule has 0 fully saturated rings. The Morgan fingerprint density at radius 3 is 2.73 bits per heavy atom. The van der Waals surface area contributed by atoms with E-state index in [1.54, 1.807) is 12.3 Å². The molecule has 2 aromatic rings. The third-order valence-electron chi connectivity index (χ3n) is 1.76. The van der Waals surface area contributed by atoms with Crippen LogP contribution in [0, 0.1) is 0 Å². The summed E-state index contributed by atoms with van der Waals surface area (Å²) in [7, 11) is 0. The van der Waals surface area contributed by atoms with E-state index >= 15 is 0 Å². The van der Waals surface area contributed by atoms with Crippen molar-refractivity contribution in [3.8, 4) is 5.95 Å². The van der Waals surface area contributed by atoms with E-state index in [-0.39, 0.29) is 5.56 Å². The lowest BCUT2D eigenvalue weighted by molar-refractivity contribution is -0.603. The molecule has 74 valence electrons. The summed E-state index contributed by atoms with van der Waals surface area (Å²) >= 11 is 0. The van der Waals surface area contributed by atoms with E-state index in [4.69, 9.17) is 5.11 Å². The van der Waals surface area contributed by atoms with Crippen molar-refractivity contribution in [2.75, 3.05) is 0 Å². The van der Waals surface area contributed by atoms with Gasteiger partial charge >= 0.3 is 11.9 Å². The molecule has 0 spiro atoms. The molecule has 2 rings (SSSR count). The van der Waals surface area contributed by atoms with Crippen LogP contribution in [-0.4, -0.2) is 26.0 Å². The van der Waals surface area contributed by atoms with Crippen molar-refractivity contribution < 1.29 is 14.5 Å². The maximum absolute atomic E-state index is 10.7. The molecule has 0 aliphatic rings. The molecule has 0 radical (unpaired) electrons. The lowest BCUT2D eigenvalue weighted by atomic mass is 10.3. The molecule has 0 saturated heterocycles. The van der Waals surface area contributed by atoms with Crippen LogP contribution in [0.5, 0.6) is 0 Å². The van der Waals surface area contributed by atoms with Gasteiger partial charge in [0.25, 0.3) is 0 Å². The highest BCUT2D eigenvalue weighted by Gasteiger charge is 2.10. The first-order valence-electron chi connectivity index (χ1n) is 4.14. The van der Waals surface area contributed by atoms with Gasteiger partial charge in [-0.25, -0.2) is 9.36 Å². The smallest absolute Gasteiger partial charge is 0.440 e. The molecule has 0 aliphatic carbocycles. The molecular weight excluding hydrogens is 196 g/mol. The average Bonchev–Trinajstić information content (AvgIpc) is 2.30. The third kappa shape index (κ3) is 1.93. The average molecular weight is 203 g/mol. The minimum absolute atomic E-state index is 0.179. The summed E-state index contributed by atoms with van der Waals surface area (Å²) in [6.07, 6.45) is 5.81. The Balaban J connectivity index is 2.46. The lowest BCUT2D eigenvalue weighted by Crippen LogP contribution is -2.33. The summed E-state index contributed by atoms with van der Waals surface area (Å²) in [5.41, 5.74) is 0.179. The highest BCUT2D eigenvalue weighted by molar-refractivity contribution is 5.86. The number of aromatic carboxylic acids is 1. The molecule has 2 heterocycles. The number of carboxylic acid groups (broad SMARTS) is 1. The van der Waals surface area contributed by atoms with Crippen LogP contribution in [0.1, 0.15) is 10.4 Å². The van der Waals surface area contributed by atoms with Crippen LogP contribution in [0.15, 0.2) is 37.2 Å². The Labute approximate surface area is 84.9 Å². The monoisotopic (exact) mass is 203 g/mol. The molecule has 0 aliphatic heterocycles. The second-order valence-corrected chi connectivity index (χ2v) is 2.74. The summed E-state index contributed by atoms with van der Waals surface area (Å²) in [6, 6.07) is 3.12. The summed E-state index contributed by atoms with van der Waals surface area (Å²) < 4.78 is 1.52. The highest BCUT2D eigenvalue weighted by Crippen LogP contribution is 1.95. The van der Waals surface area contributed by atoms with Crippen molar-refractivity contribution in [3.63, 3.8) is 0 Å². The first-order valence-corrected chi connectivity index (χ1v) is 4.14. The van der Waals surface area contributed by atoms with Crippen LogP contribution in [0.2, 0.25) is 0 Å². The molecule has 0 unspecified atom stereocenters. The number of nitrogens with zero attached hydrogens (tertiary/aromatic N) is 4. The normalized spacial score (nSPS) is 9.87. The van der Waals surface area contributed by atoms with Crippen LogP contribution in [0.3, 0.4) is 0 Å². The van der Waals surface area contributed by atoms with Gasteiger partial charge in [0.1, 0.15) is 0 Å². The molecule has 0 atom stereocenters. The van der Waals surface area contributed by atoms with Gasteiger partial charge in [0.15, 0.2) is 12.7 Å². The van der Waals surface area contributed by atoms with Gasteiger partial charge in [-0.15, -0.1) is 0 Å². The van der Waals surface area contributed by atoms with Gasteiger partial charge < -0.3 is 5.11 Å². The summed E-state index contributed by atoms with van der Waals surface area (Å²) in [4.78, 5) is 22.2. The van der Waals surface area contributed by atoms with Crippen LogP contribution in [0.4, 0.5) is 0 Å². The van der Waals surface area contributed by atoms with E-state index in [0.29, 0.717) is 5.95 Å². The van der Waals surface area contributed by atoms with Gasteiger partial charge in [-0.2, -0.15) is 4.98 Å². The summed E-state index contributed by atoms with van der Waals surface area (Å²) in [5.74, 6) is -0.605. The van der Waals surface area contributed by atoms with Crippen molar-refractivity contribution in [2.45, 2.75) is 0 Å². The first kappa shape index (κ1) is 9.20. The van der Waals surface area contributed by atoms with E-state index in [2.05, 4.69) is 15.0 Å².